The molecule has 4 aliphatic rings. The van der Waals surface area contributed by atoms with Crippen molar-refractivity contribution in [2.75, 3.05) is 0 Å². The zero-order valence-corrected chi connectivity index (χ0v) is 28.7. The molecule has 0 amide bonds. The van der Waals surface area contributed by atoms with Crippen LogP contribution in [-0.4, -0.2) is 12.3 Å². The Kier molecular flexibility index (Phi) is 6.71. The topological polar surface area (TPSA) is 49.9 Å². The van der Waals surface area contributed by atoms with Crippen molar-refractivity contribution in [1.82, 2.24) is 10.6 Å². The predicted molar refractivity (Wildman–Crippen MR) is 208 cm³/mol. The van der Waals surface area contributed by atoms with Gasteiger partial charge in [-0.15, -0.1) is 11.3 Å². The highest BCUT2D eigenvalue weighted by Crippen LogP contribution is 2.50. The van der Waals surface area contributed by atoms with Crippen LogP contribution in [-0.2, 0) is 6.42 Å². The molecular weight excluding hydrogens is 643 g/mol. The standard InChI is InChI=1S/C46H35N3OS/c1-2-11-27(12-3-1)44-47-45(49-46(48-44)36-20-8-14-29-25-28-13-4-5-15-31(28)41(29)36)30-23-24-38-37(26-30)42-33(17-10-21-39(42)50-38)35-19-9-18-34-32-16-6-7-22-40(32)51-43(34)35/h1-24,26,37-38,44-49H,25H2/p+1. The number of quaternary nitrogens is 1. The molecule has 246 valence electrons. The molecule has 1 aromatic heterocycles. The van der Waals surface area contributed by atoms with Gasteiger partial charge in [-0.3, -0.25) is 0 Å². The summed E-state index contributed by atoms with van der Waals surface area (Å²) < 4.78 is 9.33. The van der Waals surface area contributed by atoms with Crippen LogP contribution in [0.15, 0.2) is 157 Å². The number of rotatable bonds is 4. The van der Waals surface area contributed by atoms with Crippen LogP contribution >= 0.6 is 11.3 Å². The van der Waals surface area contributed by atoms with Gasteiger partial charge in [0.1, 0.15) is 11.9 Å². The first-order valence-electron chi connectivity index (χ1n) is 18.0. The fourth-order valence-corrected chi connectivity index (χ4v) is 10.2. The van der Waals surface area contributed by atoms with E-state index < -0.39 is 0 Å². The lowest BCUT2D eigenvalue weighted by atomic mass is 9.83. The molecule has 5 heteroatoms. The fourth-order valence-electron chi connectivity index (χ4n) is 9.01. The Hall–Kier alpha value is -5.30. The fraction of sp³-hybridized carbons (Fsp3) is 0.130. The minimum atomic E-state index is -0.0582. The lowest BCUT2D eigenvalue weighted by Gasteiger charge is -2.38. The first kappa shape index (κ1) is 29.4. The van der Waals surface area contributed by atoms with Crippen molar-refractivity contribution in [2.24, 2.45) is 0 Å². The largest absolute Gasteiger partial charge is 0.485 e. The zero-order valence-electron chi connectivity index (χ0n) is 27.9. The molecule has 4 N–H and O–H groups in total. The second kappa shape index (κ2) is 11.6. The van der Waals surface area contributed by atoms with Crippen molar-refractivity contribution >= 4 is 31.5 Å². The van der Waals surface area contributed by atoms with Crippen molar-refractivity contribution in [3.63, 3.8) is 0 Å². The van der Waals surface area contributed by atoms with Gasteiger partial charge in [0.15, 0.2) is 12.3 Å². The van der Waals surface area contributed by atoms with E-state index >= 15 is 0 Å². The highest BCUT2D eigenvalue weighted by atomic mass is 32.1. The van der Waals surface area contributed by atoms with Crippen LogP contribution in [0.1, 0.15) is 46.1 Å². The Balaban J connectivity index is 1.00. The Morgan fingerprint density at radius 3 is 2.35 bits per heavy atom. The van der Waals surface area contributed by atoms with Gasteiger partial charge in [-0.2, -0.15) is 0 Å². The van der Waals surface area contributed by atoms with Crippen LogP contribution in [0.2, 0.25) is 0 Å². The molecule has 5 unspecified atom stereocenters. The second-order valence-corrected chi connectivity index (χ2v) is 15.2. The molecule has 51 heavy (non-hydrogen) atoms. The van der Waals surface area contributed by atoms with Crippen LogP contribution in [0.25, 0.3) is 42.4 Å². The summed E-state index contributed by atoms with van der Waals surface area (Å²) in [5.41, 5.74) is 13.3. The van der Waals surface area contributed by atoms with Crippen LogP contribution < -0.4 is 20.7 Å². The molecule has 2 aliphatic carbocycles. The molecule has 0 radical (unpaired) electrons. The van der Waals surface area contributed by atoms with Gasteiger partial charge in [0.2, 0.25) is 0 Å². The van der Waals surface area contributed by atoms with E-state index in [0.29, 0.717) is 0 Å². The third-order valence-corrected chi connectivity index (χ3v) is 12.5. The van der Waals surface area contributed by atoms with E-state index in [9.17, 15) is 0 Å². The normalized spacial score (nSPS) is 23.0. The van der Waals surface area contributed by atoms with Gasteiger partial charge in [0, 0.05) is 42.8 Å². The van der Waals surface area contributed by atoms with Gasteiger partial charge in [-0.1, -0.05) is 133 Å². The summed E-state index contributed by atoms with van der Waals surface area (Å²) in [7, 11) is 0. The summed E-state index contributed by atoms with van der Waals surface area (Å²) in [6.45, 7) is 0. The Bertz CT molecular complexity index is 2570. The molecule has 0 spiro atoms. The van der Waals surface area contributed by atoms with Crippen LogP contribution in [0, 0.1) is 0 Å². The van der Waals surface area contributed by atoms with Crippen molar-refractivity contribution in [1.29, 1.82) is 0 Å². The number of benzene rings is 6. The molecular formula is C46H36N3OS+. The molecule has 2 aliphatic heterocycles. The monoisotopic (exact) mass is 678 g/mol. The summed E-state index contributed by atoms with van der Waals surface area (Å²) >= 11 is 1.89. The van der Waals surface area contributed by atoms with E-state index in [2.05, 4.69) is 168 Å². The molecule has 6 aromatic carbocycles. The molecule has 5 atom stereocenters. The van der Waals surface area contributed by atoms with Crippen LogP contribution in [0.4, 0.5) is 0 Å². The number of nitrogens with one attached hydrogen (secondary N) is 2. The Morgan fingerprint density at radius 2 is 1.39 bits per heavy atom. The number of nitrogens with two attached hydrogens (primary N) is 1. The average molecular weight is 679 g/mol. The summed E-state index contributed by atoms with van der Waals surface area (Å²) in [5.74, 6) is 1.09. The first-order valence-corrected chi connectivity index (χ1v) is 18.8. The first-order chi connectivity index (χ1) is 25.3. The minimum Gasteiger partial charge on any atom is -0.485 e. The van der Waals surface area contributed by atoms with Gasteiger partial charge in [-0.05, 0) is 63.6 Å². The maximum atomic E-state index is 6.67. The smallest absolute Gasteiger partial charge is 0.169 e. The Labute approximate surface area is 301 Å². The number of fused-ring (bicyclic) bond motifs is 9. The number of thiophene rings is 1. The van der Waals surface area contributed by atoms with Crippen molar-refractivity contribution in [3.05, 3.63) is 185 Å². The van der Waals surface area contributed by atoms with Crippen LogP contribution in [0.5, 0.6) is 5.75 Å². The summed E-state index contributed by atoms with van der Waals surface area (Å²) in [6, 6.07) is 48.7. The van der Waals surface area contributed by atoms with Gasteiger partial charge in [0.25, 0.3) is 0 Å². The average Bonchev–Trinajstić information content (AvgIpc) is 3.89. The number of hydrogen-bond acceptors (Lipinski definition) is 4. The maximum absolute atomic E-state index is 6.67. The van der Waals surface area contributed by atoms with Gasteiger partial charge >= 0.3 is 0 Å². The molecule has 1 fully saturated rings. The van der Waals surface area contributed by atoms with E-state index in [1.807, 2.05) is 11.3 Å². The Morgan fingerprint density at radius 1 is 0.647 bits per heavy atom. The predicted octanol–water partition coefficient (Wildman–Crippen LogP) is 9.11. The summed E-state index contributed by atoms with van der Waals surface area (Å²) in [6.07, 6.45) is 8.05. The van der Waals surface area contributed by atoms with Crippen LogP contribution in [0.3, 0.4) is 0 Å². The van der Waals surface area contributed by atoms with Gasteiger partial charge < -0.3 is 10.1 Å². The van der Waals surface area contributed by atoms with E-state index in [1.54, 1.807) is 0 Å². The maximum Gasteiger partial charge on any atom is 0.169 e. The third-order valence-electron chi connectivity index (χ3n) is 11.3. The van der Waals surface area contributed by atoms with Crippen molar-refractivity contribution in [3.8, 4) is 28.0 Å². The minimum absolute atomic E-state index is 0.0312. The van der Waals surface area contributed by atoms with E-state index in [0.717, 1.165) is 12.2 Å². The van der Waals surface area contributed by atoms with E-state index in [1.165, 1.54) is 75.8 Å². The molecule has 1 saturated heterocycles. The summed E-state index contributed by atoms with van der Waals surface area (Å²) in [4.78, 5) is 0. The molecule has 3 heterocycles. The molecule has 0 saturated carbocycles. The van der Waals surface area contributed by atoms with Crippen molar-refractivity contribution < 1.29 is 10.1 Å². The van der Waals surface area contributed by atoms with Gasteiger partial charge in [0.05, 0.1) is 6.17 Å². The highest BCUT2D eigenvalue weighted by Gasteiger charge is 2.40. The van der Waals surface area contributed by atoms with E-state index in [4.69, 9.17) is 4.74 Å². The van der Waals surface area contributed by atoms with Gasteiger partial charge in [-0.25, -0.2) is 10.6 Å². The summed E-state index contributed by atoms with van der Waals surface area (Å²) in [5, 5.41) is 13.2. The third kappa shape index (κ3) is 4.70. The molecule has 7 aromatic rings. The number of hydrogen-bond donors (Lipinski definition) is 3. The lowest BCUT2D eigenvalue weighted by Crippen LogP contribution is -2.96. The lowest BCUT2D eigenvalue weighted by molar-refractivity contribution is -0.754. The SMILES string of the molecule is C1=CC2Oc3cccc(-c4cccc5c4sc4ccccc45)c3C2C=C1C1NC(c2ccccc2)[NH2+]C(c2cccc3c2-c2ccccc2C3)N1. The molecule has 4 nitrogen and oxygen atoms in total. The highest BCUT2D eigenvalue weighted by molar-refractivity contribution is 7.26. The molecule has 11 rings (SSSR count). The second-order valence-electron chi connectivity index (χ2n) is 14.2. The number of ether oxygens (including phenoxy) is 1. The quantitative estimate of drug-likeness (QED) is 0.174. The van der Waals surface area contributed by atoms with Crippen molar-refractivity contribution in [2.45, 2.75) is 36.9 Å². The zero-order chi connectivity index (χ0) is 33.5. The molecule has 0 bridgehead atoms. The van der Waals surface area contributed by atoms with E-state index in [-0.39, 0.29) is 30.5 Å².